The van der Waals surface area contributed by atoms with Crippen LogP contribution in [-0.4, -0.2) is 36.4 Å². The number of halogens is 4. The van der Waals surface area contributed by atoms with Crippen LogP contribution in [0.3, 0.4) is 0 Å². The third-order valence-corrected chi connectivity index (χ3v) is 5.35. The number of benzene rings is 1. The van der Waals surface area contributed by atoms with Crippen molar-refractivity contribution >= 4 is 40.0 Å². The highest BCUT2D eigenvalue weighted by atomic mass is 35.5. The second kappa shape index (κ2) is 9.94. The van der Waals surface area contributed by atoms with Crippen molar-refractivity contribution in [1.29, 1.82) is 0 Å². The fraction of sp³-hybridized carbons (Fsp3) is 0.353. The van der Waals surface area contributed by atoms with Crippen molar-refractivity contribution < 1.29 is 27.4 Å². The second-order valence-electron chi connectivity index (χ2n) is 6.12. The highest BCUT2D eigenvalue weighted by molar-refractivity contribution is 7.86. The fourth-order valence-electron chi connectivity index (χ4n) is 2.52. The maximum absolute atomic E-state index is 13.3. The minimum atomic E-state index is -5.18. The number of nitrogens with one attached hydrogen (secondary N) is 1. The van der Waals surface area contributed by atoms with E-state index in [1.807, 2.05) is 6.92 Å². The zero-order chi connectivity index (χ0) is 22.5. The summed E-state index contributed by atoms with van der Waals surface area (Å²) in [4.78, 5) is 11.4. The number of rotatable bonds is 8. The number of alkyl halides is 3. The maximum atomic E-state index is 13.3. The van der Waals surface area contributed by atoms with Crippen LogP contribution in [0.4, 0.5) is 19.0 Å². The number of aromatic nitrogens is 2. The van der Waals surface area contributed by atoms with E-state index in [4.69, 9.17) is 22.5 Å². The number of hydrogen-bond donors (Lipinski definition) is 3. The number of nitrogens with two attached hydrogens (primary N) is 1. The first-order valence-electron chi connectivity index (χ1n) is 8.75. The van der Waals surface area contributed by atoms with Crippen LogP contribution in [0, 0.1) is 0 Å². The Balaban J connectivity index is 2.68. The lowest BCUT2D eigenvalue weighted by atomic mass is 10.2. The molecule has 8 nitrogen and oxygen atoms in total. The van der Waals surface area contributed by atoms with Crippen LogP contribution >= 0.6 is 11.6 Å². The predicted octanol–water partition coefficient (Wildman–Crippen LogP) is 3.77. The minimum absolute atomic E-state index is 0.0383. The molecule has 0 aliphatic heterocycles. The Morgan fingerprint density at radius 3 is 2.50 bits per heavy atom. The Kier molecular flexibility index (Phi) is 7.84. The molecule has 0 aliphatic carbocycles. The smallest absolute Gasteiger partial charge is 0.409 e. The summed E-state index contributed by atoms with van der Waals surface area (Å²) in [5.74, 6) is -1.88. The first-order valence-corrected chi connectivity index (χ1v) is 10.3. The lowest BCUT2D eigenvalue weighted by Crippen LogP contribution is -2.23. The van der Waals surface area contributed by atoms with E-state index >= 15 is 0 Å². The Morgan fingerprint density at radius 2 is 1.97 bits per heavy atom. The molecular formula is C17H19ClF3N5O3S. The first kappa shape index (κ1) is 23.7. The molecule has 2 rings (SSSR count). The normalized spacial score (nSPS) is 13.3. The van der Waals surface area contributed by atoms with Gasteiger partial charge in [0.1, 0.15) is 10.6 Å². The molecular weight excluding hydrogens is 447 g/mol. The van der Waals surface area contributed by atoms with Gasteiger partial charge in [0.05, 0.1) is 5.69 Å². The molecule has 0 bridgehead atoms. The van der Waals surface area contributed by atoms with Crippen molar-refractivity contribution in [2.75, 3.05) is 5.32 Å². The number of carbonyl (C=O) groups excluding carboxylic acids is 1. The Bertz CT molecular complexity index is 961. The van der Waals surface area contributed by atoms with Gasteiger partial charge in [-0.15, -0.1) is 0 Å². The van der Waals surface area contributed by atoms with Crippen LogP contribution in [0.25, 0.3) is 5.69 Å². The van der Waals surface area contributed by atoms with Crippen LogP contribution in [0.1, 0.15) is 38.3 Å². The minimum Gasteiger partial charge on any atom is -0.409 e. The van der Waals surface area contributed by atoms with Gasteiger partial charge < -0.3 is 16.3 Å². The molecule has 0 radical (unpaired) electrons. The van der Waals surface area contributed by atoms with Crippen molar-refractivity contribution in [3.05, 3.63) is 35.0 Å². The summed E-state index contributed by atoms with van der Waals surface area (Å²) in [6, 6.07) is 5.76. The average molecular weight is 466 g/mol. The fourth-order valence-corrected chi connectivity index (χ4v) is 3.51. The number of unbranched alkanes of at least 4 members (excludes halogenated alkanes) is 2. The molecule has 1 aromatic carbocycles. The van der Waals surface area contributed by atoms with E-state index in [9.17, 15) is 22.2 Å². The zero-order valence-corrected chi connectivity index (χ0v) is 17.3. The Morgan fingerprint density at radius 1 is 1.33 bits per heavy atom. The van der Waals surface area contributed by atoms with Crippen LogP contribution < -0.4 is 11.1 Å². The predicted molar refractivity (Wildman–Crippen MR) is 106 cm³/mol. The van der Waals surface area contributed by atoms with Gasteiger partial charge in [0.25, 0.3) is 0 Å². The van der Waals surface area contributed by atoms with Crippen LogP contribution in [-0.2, 0) is 15.6 Å². The highest BCUT2D eigenvalue weighted by Gasteiger charge is 2.43. The molecule has 30 heavy (non-hydrogen) atoms. The lowest BCUT2D eigenvalue weighted by Gasteiger charge is -2.12. The number of anilines is 1. The molecule has 1 atom stereocenters. The number of hydrogen-bond acceptors (Lipinski definition) is 5. The van der Waals surface area contributed by atoms with E-state index in [0.717, 1.165) is 17.5 Å². The Hall–Kier alpha value is -2.60. The molecule has 0 spiro atoms. The Labute approximate surface area is 177 Å². The number of amidine groups is 1. The number of carbonyl (C=O) groups is 1. The molecule has 13 heteroatoms. The van der Waals surface area contributed by atoms with E-state index < -0.39 is 44.5 Å². The third-order valence-electron chi connectivity index (χ3n) is 3.92. The molecule has 1 heterocycles. The van der Waals surface area contributed by atoms with E-state index in [-0.39, 0.29) is 12.1 Å². The van der Waals surface area contributed by atoms with Crippen LogP contribution in [0.5, 0.6) is 0 Å². The van der Waals surface area contributed by atoms with Gasteiger partial charge in [-0.3, -0.25) is 4.79 Å². The summed E-state index contributed by atoms with van der Waals surface area (Å²) in [7, 11) is -3.62. The van der Waals surface area contributed by atoms with Crippen LogP contribution in [0.15, 0.2) is 34.3 Å². The van der Waals surface area contributed by atoms with Gasteiger partial charge in [0, 0.05) is 11.4 Å². The maximum Gasteiger partial charge on any atom is 0.476 e. The van der Waals surface area contributed by atoms with Gasteiger partial charge in [-0.1, -0.05) is 36.5 Å². The van der Waals surface area contributed by atoms with E-state index in [1.54, 1.807) is 0 Å². The zero-order valence-electron chi connectivity index (χ0n) is 15.7. The van der Waals surface area contributed by atoms with Crippen molar-refractivity contribution in [1.82, 2.24) is 9.78 Å². The van der Waals surface area contributed by atoms with E-state index in [1.165, 1.54) is 24.3 Å². The van der Waals surface area contributed by atoms with E-state index in [2.05, 4.69) is 15.6 Å². The van der Waals surface area contributed by atoms with Crippen molar-refractivity contribution in [3.8, 4) is 5.69 Å². The van der Waals surface area contributed by atoms with Gasteiger partial charge >= 0.3 is 5.51 Å². The summed E-state index contributed by atoms with van der Waals surface area (Å²) in [6.45, 7) is 1.93. The van der Waals surface area contributed by atoms with Crippen LogP contribution in [0.2, 0.25) is 5.02 Å². The monoisotopic (exact) mass is 465 g/mol. The van der Waals surface area contributed by atoms with Gasteiger partial charge in [0.15, 0.2) is 22.5 Å². The number of nitrogens with zero attached hydrogens (tertiary/aromatic N) is 3. The van der Waals surface area contributed by atoms with Gasteiger partial charge in [-0.05, 0) is 30.7 Å². The van der Waals surface area contributed by atoms with E-state index in [0.29, 0.717) is 11.4 Å². The third kappa shape index (κ3) is 5.51. The number of oxime groups is 1. The van der Waals surface area contributed by atoms with Crippen molar-refractivity contribution in [2.45, 2.75) is 43.0 Å². The van der Waals surface area contributed by atoms with Crippen molar-refractivity contribution in [3.63, 3.8) is 0 Å². The van der Waals surface area contributed by atoms with Gasteiger partial charge in [0.2, 0.25) is 5.91 Å². The summed E-state index contributed by atoms with van der Waals surface area (Å²) in [5.41, 5.74) is -0.168. The summed E-state index contributed by atoms with van der Waals surface area (Å²) in [5, 5.41) is 18.2. The van der Waals surface area contributed by atoms with Crippen molar-refractivity contribution in [2.24, 2.45) is 10.9 Å². The molecule has 2 aromatic rings. The topological polar surface area (TPSA) is 123 Å². The average Bonchev–Trinajstić information content (AvgIpc) is 3.05. The highest BCUT2D eigenvalue weighted by Crippen LogP contribution is 2.35. The molecule has 0 fully saturated rings. The summed E-state index contributed by atoms with van der Waals surface area (Å²) < 4.78 is 53.1. The quantitative estimate of drug-likeness (QED) is 0.180. The molecule has 0 saturated carbocycles. The summed E-state index contributed by atoms with van der Waals surface area (Å²) >= 11 is 5.84. The first-order chi connectivity index (χ1) is 14.1. The molecule has 0 aliphatic rings. The molecule has 1 amide bonds. The second-order valence-corrected chi connectivity index (χ2v) is 7.96. The lowest BCUT2D eigenvalue weighted by molar-refractivity contribution is -0.116. The molecule has 4 N–H and O–H groups in total. The molecule has 0 saturated heterocycles. The van der Waals surface area contributed by atoms with Gasteiger partial charge in [-0.25, -0.2) is 8.89 Å². The molecule has 164 valence electrons. The summed E-state index contributed by atoms with van der Waals surface area (Å²) in [6.07, 6.45) is 2.15. The SMILES string of the molecule is CCCCCC(=O)Nc1c(S(=O)C(F)(F)F)c(C(N)=NO)nn1-c1ccc(Cl)cc1. The molecule has 1 unspecified atom stereocenters. The van der Waals surface area contributed by atoms with Gasteiger partial charge in [-0.2, -0.15) is 18.3 Å². The number of amides is 1. The standard InChI is InChI=1S/C17H19ClF3N5O3S/c1-2-3-4-5-12(27)23-16-14(30(29)17(19,20)21)13(15(22)25-28)24-26(16)11-8-6-10(18)7-9-11/h6-9,28H,2-5H2,1H3,(H2,22,25)(H,23,27). The molecule has 1 aromatic heterocycles. The largest absolute Gasteiger partial charge is 0.476 e.